The predicted molar refractivity (Wildman–Crippen MR) is 77.4 cm³/mol. The first-order chi connectivity index (χ1) is 8.95. The molecule has 0 fully saturated rings. The summed E-state index contributed by atoms with van der Waals surface area (Å²) in [6.45, 7) is 0. The van der Waals surface area contributed by atoms with Crippen LogP contribution in [-0.2, 0) is 16.6 Å². The van der Waals surface area contributed by atoms with Gasteiger partial charge in [-0.25, -0.2) is 4.39 Å². The van der Waals surface area contributed by atoms with Crippen LogP contribution in [0.1, 0.15) is 5.56 Å². The van der Waals surface area contributed by atoms with E-state index >= 15 is 0 Å². The lowest BCUT2D eigenvalue weighted by atomic mass is 10.2. The summed E-state index contributed by atoms with van der Waals surface area (Å²) in [5, 5.41) is 0.834. The molecule has 2 aromatic rings. The van der Waals surface area contributed by atoms with Crippen LogP contribution in [0.2, 0.25) is 10.0 Å². The van der Waals surface area contributed by atoms with Gasteiger partial charge in [-0.15, -0.1) is 0 Å². The summed E-state index contributed by atoms with van der Waals surface area (Å²) in [6, 6.07) is 8.90. The van der Waals surface area contributed by atoms with E-state index in [0.29, 0.717) is 14.9 Å². The third-order valence-corrected chi connectivity index (χ3v) is 4.53. The SMILES string of the molecule is Nc1cc(F)cc(S(=O)Cc2ccc(Cl)c(Cl)c2)c1. The summed E-state index contributed by atoms with van der Waals surface area (Å²) in [6.07, 6.45) is 0. The summed E-state index contributed by atoms with van der Waals surface area (Å²) >= 11 is 11.7. The lowest BCUT2D eigenvalue weighted by molar-refractivity contribution is 0.623. The van der Waals surface area contributed by atoms with Crippen molar-refractivity contribution in [2.24, 2.45) is 0 Å². The lowest BCUT2D eigenvalue weighted by Crippen LogP contribution is -1.99. The van der Waals surface area contributed by atoms with Crippen molar-refractivity contribution in [2.45, 2.75) is 10.6 Å². The summed E-state index contributed by atoms with van der Waals surface area (Å²) in [7, 11) is -1.39. The Morgan fingerprint density at radius 2 is 1.84 bits per heavy atom. The molecule has 0 radical (unpaired) electrons. The first-order valence-corrected chi connectivity index (χ1v) is 7.41. The number of rotatable bonds is 3. The minimum Gasteiger partial charge on any atom is -0.399 e. The summed E-state index contributed by atoms with van der Waals surface area (Å²) in [5.74, 6) is -0.280. The number of halogens is 3. The molecule has 19 heavy (non-hydrogen) atoms. The molecule has 0 aliphatic carbocycles. The standard InChI is InChI=1S/C13H10Cl2FNOS/c14-12-2-1-8(3-13(12)15)7-19(18)11-5-9(16)4-10(17)6-11/h1-6H,7,17H2. The Kier molecular flexibility index (Phi) is 4.45. The van der Waals surface area contributed by atoms with Gasteiger partial charge in [-0.05, 0) is 35.9 Å². The zero-order valence-corrected chi connectivity index (χ0v) is 12.0. The fourth-order valence-corrected chi connectivity index (χ4v) is 3.06. The van der Waals surface area contributed by atoms with Crippen molar-refractivity contribution in [1.29, 1.82) is 0 Å². The van der Waals surface area contributed by atoms with E-state index in [1.54, 1.807) is 18.2 Å². The smallest absolute Gasteiger partial charge is 0.126 e. The van der Waals surface area contributed by atoms with Gasteiger partial charge in [0, 0.05) is 10.6 Å². The van der Waals surface area contributed by atoms with E-state index in [0.717, 1.165) is 5.56 Å². The second-order valence-corrected chi connectivity index (χ2v) is 6.22. The van der Waals surface area contributed by atoms with Crippen LogP contribution in [0.15, 0.2) is 41.3 Å². The van der Waals surface area contributed by atoms with Crippen LogP contribution in [0.4, 0.5) is 10.1 Å². The van der Waals surface area contributed by atoms with Crippen LogP contribution >= 0.6 is 23.2 Å². The van der Waals surface area contributed by atoms with E-state index in [2.05, 4.69) is 0 Å². The molecule has 0 aromatic heterocycles. The fraction of sp³-hybridized carbons (Fsp3) is 0.0769. The maximum absolute atomic E-state index is 13.2. The molecule has 0 spiro atoms. The van der Waals surface area contributed by atoms with Crippen LogP contribution in [-0.4, -0.2) is 4.21 Å². The van der Waals surface area contributed by atoms with E-state index in [4.69, 9.17) is 28.9 Å². The number of nitrogens with two attached hydrogens (primary N) is 1. The maximum atomic E-state index is 13.2. The molecule has 2 rings (SSSR count). The molecular formula is C13H10Cl2FNOS. The Hall–Kier alpha value is -1.10. The van der Waals surface area contributed by atoms with Gasteiger partial charge in [-0.1, -0.05) is 29.3 Å². The molecule has 0 aliphatic rings. The summed E-state index contributed by atoms with van der Waals surface area (Å²) in [4.78, 5) is 0.351. The van der Waals surface area contributed by atoms with Crippen molar-refractivity contribution >= 4 is 39.7 Å². The lowest BCUT2D eigenvalue weighted by Gasteiger charge is -2.05. The van der Waals surface area contributed by atoms with E-state index in [9.17, 15) is 8.60 Å². The molecule has 0 amide bonds. The molecule has 0 saturated carbocycles. The largest absolute Gasteiger partial charge is 0.399 e. The maximum Gasteiger partial charge on any atom is 0.126 e. The Balaban J connectivity index is 2.22. The zero-order chi connectivity index (χ0) is 14.0. The minimum absolute atomic E-state index is 0.222. The highest BCUT2D eigenvalue weighted by Gasteiger charge is 2.09. The summed E-state index contributed by atoms with van der Waals surface area (Å²) < 4.78 is 25.3. The minimum atomic E-state index is -1.39. The van der Waals surface area contributed by atoms with Crippen molar-refractivity contribution < 1.29 is 8.60 Å². The molecule has 2 N–H and O–H groups in total. The number of benzene rings is 2. The summed E-state index contributed by atoms with van der Waals surface area (Å²) in [5.41, 5.74) is 6.53. The molecule has 0 heterocycles. The monoisotopic (exact) mass is 317 g/mol. The molecule has 100 valence electrons. The Bertz CT molecular complexity index is 628. The molecule has 1 unspecified atom stereocenters. The second-order valence-electron chi connectivity index (χ2n) is 3.96. The van der Waals surface area contributed by atoms with Gasteiger partial charge in [0.15, 0.2) is 0 Å². The molecule has 1 atom stereocenters. The number of nitrogen functional groups attached to an aromatic ring is 1. The average molecular weight is 318 g/mol. The first kappa shape index (κ1) is 14.3. The number of hydrogen-bond donors (Lipinski definition) is 1. The van der Waals surface area contributed by atoms with Crippen molar-refractivity contribution in [3.05, 3.63) is 57.8 Å². The first-order valence-electron chi connectivity index (χ1n) is 5.34. The predicted octanol–water partition coefficient (Wildman–Crippen LogP) is 4.02. The Morgan fingerprint density at radius 1 is 1.11 bits per heavy atom. The van der Waals surface area contributed by atoms with Gasteiger partial charge in [-0.2, -0.15) is 0 Å². The third kappa shape index (κ3) is 3.69. The Labute approximate surface area is 122 Å². The molecule has 0 bridgehead atoms. The van der Waals surface area contributed by atoms with Gasteiger partial charge in [-0.3, -0.25) is 4.21 Å². The highest BCUT2D eigenvalue weighted by atomic mass is 35.5. The van der Waals surface area contributed by atoms with Gasteiger partial charge in [0.25, 0.3) is 0 Å². The normalized spacial score (nSPS) is 12.4. The zero-order valence-electron chi connectivity index (χ0n) is 9.70. The molecule has 2 nitrogen and oxygen atoms in total. The van der Waals surface area contributed by atoms with E-state index in [1.165, 1.54) is 18.2 Å². The van der Waals surface area contributed by atoms with Crippen LogP contribution in [0.5, 0.6) is 0 Å². The Morgan fingerprint density at radius 3 is 2.47 bits per heavy atom. The number of anilines is 1. The van der Waals surface area contributed by atoms with Crippen molar-refractivity contribution in [2.75, 3.05) is 5.73 Å². The van der Waals surface area contributed by atoms with Gasteiger partial charge < -0.3 is 5.73 Å². The number of hydrogen-bond acceptors (Lipinski definition) is 2. The van der Waals surface area contributed by atoms with Gasteiger partial charge >= 0.3 is 0 Å². The second kappa shape index (κ2) is 5.90. The molecule has 0 saturated heterocycles. The van der Waals surface area contributed by atoms with Gasteiger partial charge in [0.05, 0.1) is 26.6 Å². The van der Waals surface area contributed by atoms with Gasteiger partial charge in [0.2, 0.25) is 0 Å². The third-order valence-electron chi connectivity index (χ3n) is 2.44. The van der Waals surface area contributed by atoms with Crippen LogP contribution in [0.3, 0.4) is 0 Å². The highest BCUT2D eigenvalue weighted by Crippen LogP contribution is 2.24. The van der Waals surface area contributed by atoms with Crippen LogP contribution in [0, 0.1) is 5.82 Å². The quantitative estimate of drug-likeness (QED) is 0.869. The molecule has 6 heteroatoms. The average Bonchev–Trinajstić information content (AvgIpc) is 2.32. The molecule has 2 aromatic carbocycles. The van der Waals surface area contributed by atoms with E-state index in [-0.39, 0.29) is 11.4 Å². The topological polar surface area (TPSA) is 43.1 Å². The molecular weight excluding hydrogens is 308 g/mol. The van der Waals surface area contributed by atoms with Crippen molar-refractivity contribution in [3.63, 3.8) is 0 Å². The van der Waals surface area contributed by atoms with Crippen LogP contribution in [0.25, 0.3) is 0 Å². The fourth-order valence-electron chi connectivity index (χ4n) is 1.58. The van der Waals surface area contributed by atoms with Gasteiger partial charge in [0.1, 0.15) is 5.82 Å². The van der Waals surface area contributed by atoms with E-state index < -0.39 is 16.6 Å². The van der Waals surface area contributed by atoms with E-state index in [1.807, 2.05) is 0 Å². The van der Waals surface area contributed by atoms with Crippen molar-refractivity contribution in [1.82, 2.24) is 0 Å². The van der Waals surface area contributed by atoms with Crippen LogP contribution < -0.4 is 5.73 Å². The van der Waals surface area contributed by atoms with Crippen molar-refractivity contribution in [3.8, 4) is 0 Å². The molecule has 0 aliphatic heterocycles. The highest BCUT2D eigenvalue weighted by molar-refractivity contribution is 7.84.